The number of carbonyl (C=O) groups is 1. The molecule has 2 fully saturated rings. The number of unbranched alkanes of at least 4 members (excludes halogenated alkanes) is 1. The number of esters is 1. The maximum Gasteiger partial charge on any atom is 0.310 e. The van der Waals surface area contributed by atoms with E-state index in [1.165, 1.54) is 25.3 Å². The predicted octanol–water partition coefficient (Wildman–Crippen LogP) is 3.71. The predicted molar refractivity (Wildman–Crippen MR) is 111 cm³/mol. The van der Waals surface area contributed by atoms with E-state index in [0.717, 1.165) is 11.1 Å². The van der Waals surface area contributed by atoms with Gasteiger partial charge in [0.25, 0.3) is 0 Å². The number of benzene rings is 1. The summed E-state index contributed by atoms with van der Waals surface area (Å²) >= 11 is 0. The van der Waals surface area contributed by atoms with Gasteiger partial charge in [-0.25, -0.2) is 0 Å². The number of alkyl halides is 2. The molecule has 0 bridgehead atoms. The number of carbonyl (C=O) groups excluding carboxylic acids is 1. The van der Waals surface area contributed by atoms with Gasteiger partial charge in [0.05, 0.1) is 25.2 Å². The number of halogens is 2. The third kappa shape index (κ3) is 5.52. The Balaban J connectivity index is 1.64. The van der Waals surface area contributed by atoms with Crippen LogP contribution in [0.15, 0.2) is 48.3 Å². The highest BCUT2D eigenvalue weighted by atomic mass is 19.3. The lowest BCUT2D eigenvalue weighted by Crippen LogP contribution is -2.33. The summed E-state index contributed by atoms with van der Waals surface area (Å²) in [4.78, 5) is 11.2. The molecule has 31 heavy (non-hydrogen) atoms. The van der Waals surface area contributed by atoms with Gasteiger partial charge in [-0.3, -0.25) is 4.79 Å². The highest BCUT2D eigenvalue weighted by Gasteiger charge is 2.63. The number of aliphatic hydroxyl groups is 2. The molecule has 1 aliphatic carbocycles. The molecular weight excluding hydrogens is 406 g/mol. The van der Waals surface area contributed by atoms with Crippen LogP contribution in [0.4, 0.5) is 8.78 Å². The summed E-state index contributed by atoms with van der Waals surface area (Å²) in [7, 11) is 1.28. The second-order valence-electron chi connectivity index (χ2n) is 8.37. The van der Waals surface area contributed by atoms with Gasteiger partial charge in [-0.05, 0) is 31.4 Å². The number of methoxy groups -OCH3 is 1. The lowest BCUT2D eigenvalue weighted by atomic mass is 9.87. The standard InChI is InChI=1S/C24H30F2O5/c1-15-6-5-7-16(12-15)13-17(27)10-11-18-19(28)14-20-23(18)24(25,26)21(31-20)8-3-4-9-22(29)30-2/h5-8,10-12,17-20,23,27-28H,3-4,9,13-14H2,1-2H3/b11-10?,21-8+/t17-,18+,19-,20+,23-/m1/s1. The van der Waals surface area contributed by atoms with Gasteiger partial charge >= 0.3 is 11.9 Å². The van der Waals surface area contributed by atoms with Crippen molar-refractivity contribution in [3.63, 3.8) is 0 Å². The first-order valence-corrected chi connectivity index (χ1v) is 10.6. The van der Waals surface area contributed by atoms with Gasteiger partial charge in [-0.15, -0.1) is 0 Å². The van der Waals surface area contributed by atoms with Crippen molar-refractivity contribution in [2.24, 2.45) is 11.8 Å². The fraction of sp³-hybridized carbons (Fsp3) is 0.542. The average molecular weight is 436 g/mol. The first kappa shape index (κ1) is 23.4. The quantitative estimate of drug-likeness (QED) is 0.369. The summed E-state index contributed by atoms with van der Waals surface area (Å²) in [5, 5.41) is 20.7. The maximum atomic E-state index is 15.1. The molecule has 2 N–H and O–H groups in total. The number of hydrogen-bond donors (Lipinski definition) is 2. The summed E-state index contributed by atoms with van der Waals surface area (Å²) in [6, 6.07) is 7.74. The summed E-state index contributed by atoms with van der Waals surface area (Å²) in [5.41, 5.74) is 2.03. The first-order valence-electron chi connectivity index (χ1n) is 10.6. The third-order valence-corrected chi connectivity index (χ3v) is 5.98. The van der Waals surface area contributed by atoms with Gasteiger partial charge in [0.2, 0.25) is 0 Å². The van der Waals surface area contributed by atoms with Crippen LogP contribution in [0.3, 0.4) is 0 Å². The van der Waals surface area contributed by atoms with Gasteiger partial charge in [0.1, 0.15) is 6.10 Å². The molecule has 1 aliphatic heterocycles. The Hall–Kier alpha value is -2.25. The summed E-state index contributed by atoms with van der Waals surface area (Å²) in [5.74, 6) is -5.99. The van der Waals surface area contributed by atoms with Crippen LogP contribution in [0.1, 0.15) is 36.8 Å². The SMILES string of the molecule is COC(=O)CCC/C=C1/O[C@H]2C[C@@H](O)[C@H](C=C[C@@H](O)Cc3cccc(C)c3)[C@H]2C1(F)F. The van der Waals surface area contributed by atoms with E-state index >= 15 is 8.78 Å². The zero-order chi connectivity index (χ0) is 22.6. The summed E-state index contributed by atoms with van der Waals surface area (Å²) in [6.07, 6.45) is 3.07. The van der Waals surface area contributed by atoms with Crippen LogP contribution < -0.4 is 0 Å². The van der Waals surface area contributed by atoms with E-state index in [4.69, 9.17) is 4.74 Å². The fourth-order valence-corrected chi connectivity index (χ4v) is 4.45. The molecule has 0 amide bonds. The Morgan fingerprint density at radius 2 is 2.19 bits per heavy atom. The van der Waals surface area contributed by atoms with Crippen LogP contribution in [-0.4, -0.2) is 47.5 Å². The van der Waals surface area contributed by atoms with Gasteiger partial charge < -0.3 is 19.7 Å². The molecule has 1 saturated carbocycles. The molecule has 0 radical (unpaired) electrons. The van der Waals surface area contributed by atoms with E-state index in [1.807, 2.05) is 31.2 Å². The van der Waals surface area contributed by atoms with Crippen LogP contribution in [0.25, 0.3) is 0 Å². The summed E-state index contributed by atoms with van der Waals surface area (Å²) < 4.78 is 40.2. The van der Waals surface area contributed by atoms with Crippen molar-refractivity contribution in [2.75, 3.05) is 7.11 Å². The van der Waals surface area contributed by atoms with Crippen molar-refractivity contribution in [3.8, 4) is 0 Å². The number of rotatable bonds is 8. The monoisotopic (exact) mass is 436 g/mol. The smallest absolute Gasteiger partial charge is 0.310 e. The highest BCUT2D eigenvalue weighted by Crippen LogP contribution is 2.54. The van der Waals surface area contributed by atoms with E-state index < -0.39 is 41.8 Å². The topological polar surface area (TPSA) is 76.0 Å². The van der Waals surface area contributed by atoms with Gasteiger partial charge in [0, 0.05) is 25.2 Å². The molecular formula is C24H30F2O5. The number of ether oxygens (including phenoxy) is 2. The number of aryl methyl sites for hydroxylation is 1. The lowest BCUT2D eigenvalue weighted by Gasteiger charge is -2.22. The second-order valence-corrected chi connectivity index (χ2v) is 8.37. The van der Waals surface area contributed by atoms with E-state index in [9.17, 15) is 15.0 Å². The van der Waals surface area contributed by atoms with Crippen molar-refractivity contribution in [2.45, 2.75) is 63.3 Å². The van der Waals surface area contributed by atoms with Crippen molar-refractivity contribution in [1.82, 2.24) is 0 Å². The van der Waals surface area contributed by atoms with Crippen molar-refractivity contribution < 1.29 is 33.3 Å². The van der Waals surface area contributed by atoms with Crippen LogP contribution in [-0.2, 0) is 20.7 Å². The first-order chi connectivity index (χ1) is 14.7. The van der Waals surface area contributed by atoms with Crippen LogP contribution in [0, 0.1) is 18.8 Å². The molecule has 5 nitrogen and oxygen atoms in total. The average Bonchev–Trinajstić information content (AvgIpc) is 3.15. The second kappa shape index (κ2) is 9.92. The third-order valence-electron chi connectivity index (χ3n) is 5.98. The minimum atomic E-state index is -3.22. The van der Waals surface area contributed by atoms with Gasteiger partial charge in [0.15, 0.2) is 5.76 Å². The van der Waals surface area contributed by atoms with E-state index in [2.05, 4.69) is 4.74 Å². The Bertz CT molecular complexity index is 835. The van der Waals surface area contributed by atoms with E-state index in [1.54, 1.807) is 0 Å². The molecule has 1 saturated heterocycles. The number of fused-ring (bicyclic) bond motifs is 1. The lowest BCUT2D eigenvalue weighted by molar-refractivity contribution is -0.140. The molecule has 1 aromatic carbocycles. The normalized spacial score (nSPS) is 29.2. The van der Waals surface area contributed by atoms with Crippen LogP contribution in [0.2, 0.25) is 0 Å². The molecule has 3 rings (SSSR count). The molecule has 170 valence electrons. The van der Waals surface area contributed by atoms with Crippen molar-refractivity contribution in [1.29, 1.82) is 0 Å². The van der Waals surface area contributed by atoms with Crippen LogP contribution in [0.5, 0.6) is 0 Å². The number of hydrogen-bond acceptors (Lipinski definition) is 5. The minimum Gasteiger partial charge on any atom is -0.488 e. The minimum absolute atomic E-state index is 0.114. The molecule has 1 heterocycles. The zero-order valence-corrected chi connectivity index (χ0v) is 17.8. The van der Waals surface area contributed by atoms with E-state index in [-0.39, 0.29) is 25.2 Å². The molecule has 0 unspecified atom stereocenters. The largest absolute Gasteiger partial charge is 0.488 e. The van der Waals surface area contributed by atoms with Gasteiger partial charge in [-0.1, -0.05) is 42.0 Å². The van der Waals surface area contributed by atoms with Crippen molar-refractivity contribution >= 4 is 5.97 Å². The van der Waals surface area contributed by atoms with Crippen LogP contribution >= 0.6 is 0 Å². The van der Waals surface area contributed by atoms with E-state index in [0.29, 0.717) is 12.8 Å². The molecule has 5 atom stereocenters. The highest BCUT2D eigenvalue weighted by molar-refractivity contribution is 5.69. The fourth-order valence-electron chi connectivity index (χ4n) is 4.45. The zero-order valence-electron chi connectivity index (χ0n) is 17.8. The Morgan fingerprint density at radius 1 is 1.42 bits per heavy atom. The molecule has 0 aromatic heterocycles. The maximum absolute atomic E-state index is 15.1. The molecule has 7 heteroatoms. The Kier molecular flexibility index (Phi) is 7.49. The molecule has 2 aliphatic rings. The number of aliphatic hydroxyl groups excluding tert-OH is 2. The molecule has 0 spiro atoms. The Labute approximate surface area is 181 Å². The molecule has 1 aromatic rings. The Morgan fingerprint density at radius 3 is 2.90 bits per heavy atom. The summed E-state index contributed by atoms with van der Waals surface area (Å²) in [6.45, 7) is 1.96. The number of allylic oxidation sites excluding steroid dienone is 2. The van der Waals surface area contributed by atoms with Crippen molar-refractivity contribution in [3.05, 3.63) is 59.4 Å². The van der Waals surface area contributed by atoms with Gasteiger partial charge in [-0.2, -0.15) is 8.78 Å².